The van der Waals surface area contributed by atoms with Gasteiger partial charge in [-0.3, -0.25) is 0 Å². The Kier molecular flexibility index (Phi) is 2.44. The molecule has 0 spiro atoms. The third-order valence-corrected chi connectivity index (χ3v) is 3.60. The first-order valence-corrected chi connectivity index (χ1v) is 5.94. The smallest absolute Gasteiger partial charge is 0.146 e. The Bertz CT molecular complexity index is 519. The first kappa shape index (κ1) is 10.5. The number of benzene rings is 1. The summed E-state index contributed by atoms with van der Waals surface area (Å²) in [5.74, 6) is 2.36. The van der Waals surface area contributed by atoms with E-state index in [1.54, 1.807) is 0 Å². The summed E-state index contributed by atoms with van der Waals surface area (Å²) in [4.78, 5) is 0. The van der Waals surface area contributed by atoms with Crippen LogP contribution in [-0.2, 0) is 26.4 Å². The van der Waals surface area contributed by atoms with E-state index in [1.165, 1.54) is 11.1 Å². The second kappa shape index (κ2) is 3.96. The quantitative estimate of drug-likeness (QED) is 0.839. The van der Waals surface area contributed by atoms with Gasteiger partial charge in [0.25, 0.3) is 0 Å². The van der Waals surface area contributed by atoms with E-state index < -0.39 is 0 Å². The highest BCUT2D eigenvalue weighted by molar-refractivity contribution is 5.35. The molecule has 4 nitrogen and oxygen atoms in total. The van der Waals surface area contributed by atoms with Crippen molar-refractivity contribution in [3.05, 3.63) is 47.0 Å². The molecule has 0 radical (unpaired) electrons. The molecule has 3 rings (SSSR count). The lowest BCUT2D eigenvalue weighted by Gasteiger charge is -2.08. The minimum Gasteiger partial charge on any atom is -0.324 e. The van der Waals surface area contributed by atoms with Crippen molar-refractivity contribution in [2.45, 2.75) is 25.3 Å². The van der Waals surface area contributed by atoms with Crippen LogP contribution in [0.4, 0.5) is 0 Å². The number of rotatable bonds is 2. The molecule has 0 fully saturated rings. The van der Waals surface area contributed by atoms with E-state index >= 15 is 0 Å². The van der Waals surface area contributed by atoms with Crippen molar-refractivity contribution in [1.29, 1.82) is 0 Å². The fraction of sp³-hybridized carbons (Fsp3) is 0.385. The van der Waals surface area contributed by atoms with Gasteiger partial charge in [0.1, 0.15) is 11.6 Å². The van der Waals surface area contributed by atoms with Crippen LogP contribution in [0.2, 0.25) is 0 Å². The minimum atomic E-state index is 0.448. The lowest BCUT2D eigenvalue weighted by atomic mass is 10.1. The summed E-state index contributed by atoms with van der Waals surface area (Å²) >= 11 is 0. The van der Waals surface area contributed by atoms with Gasteiger partial charge in [-0.2, -0.15) is 0 Å². The third kappa shape index (κ3) is 1.65. The Balaban J connectivity index is 1.91. The molecule has 1 aromatic heterocycles. The van der Waals surface area contributed by atoms with E-state index in [0.717, 1.165) is 24.5 Å². The second-order valence-corrected chi connectivity index (χ2v) is 4.61. The van der Waals surface area contributed by atoms with Gasteiger partial charge in [-0.05, 0) is 24.0 Å². The van der Waals surface area contributed by atoms with Crippen LogP contribution in [0.25, 0.3) is 0 Å². The van der Waals surface area contributed by atoms with Crippen molar-refractivity contribution in [2.75, 3.05) is 0 Å². The van der Waals surface area contributed by atoms with Gasteiger partial charge < -0.3 is 10.3 Å². The van der Waals surface area contributed by atoms with Crippen LogP contribution < -0.4 is 5.73 Å². The lowest BCUT2D eigenvalue weighted by molar-refractivity contribution is 0.632. The fourth-order valence-electron chi connectivity index (χ4n) is 2.65. The average Bonchev–Trinajstić information content (AvgIpc) is 2.91. The molecule has 17 heavy (non-hydrogen) atoms. The Hall–Kier alpha value is -1.68. The van der Waals surface area contributed by atoms with Gasteiger partial charge in [0.05, 0.1) is 6.54 Å². The van der Waals surface area contributed by atoms with Gasteiger partial charge in [-0.15, -0.1) is 10.2 Å². The van der Waals surface area contributed by atoms with Crippen LogP contribution in [0.1, 0.15) is 28.7 Å². The van der Waals surface area contributed by atoms with Gasteiger partial charge in [0, 0.05) is 13.0 Å². The fourth-order valence-corrected chi connectivity index (χ4v) is 2.65. The van der Waals surface area contributed by atoms with Crippen LogP contribution >= 0.6 is 0 Å². The van der Waals surface area contributed by atoms with Crippen molar-refractivity contribution < 1.29 is 0 Å². The molecule has 0 amide bonds. The Morgan fingerprint density at radius 3 is 2.41 bits per heavy atom. The Morgan fingerprint density at radius 2 is 1.88 bits per heavy atom. The number of hydrogen-bond donors (Lipinski definition) is 1. The highest BCUT2D eigenvalue weighted by Gasteiger charge is 2.26. The predicted octanol–water partition coefficient (Wildman–Crippen LogP) is 1.16. The zero-order valence-electron chi connectivity index (χ0n) is 9.93. The van der Waals surface area contributed by atoms with Gasteiger partial charge in [-0.25, -0.2) is 0 Å². The zero-order chi connectivity index (χ0) is 11.8. The predicted molar refractivity (Wildman–Crippen MR) is 65.5 cm³/mol. The maximum atomic E-state index is 5.62. The van der Waals surface area contributed by atoms with Crippen molar-refractivity contribution in [3.63, 3.8) is 0 Å². The monoisotopic (exact) mass is 228 g/mol. The molecule has 4 heteroatoms. The molecule has 0 aliphatic heterocycles. The number of nitrogens with zero attached hydrogens (tertiary/aromatic N) is 3. The molecular weight excluding hydrogens is 212 g/mol. The van der Waals surface area contributed by atoms with Crippen LogP contribution in [0.15, 0.2) is 24.3 Å². The van der Waals surface area contributed by atoms with Crippen molar-refractivity contribution in [3.8, 4) is 0 Å². The third-order valence-electron chi connectivity index (χ3n) is 3.60. The number of hydrogen-bond acceptors (Lipinski definition) is 3. The molecule has 0 saturated heterocycles. The summed E-state index contributed by atoms with van der Waals surface area (Å²) in [7, 11) is 2.00. The van der Waals surface area contributed by atoms with Crippen LogP contribution in [0.5, 0.6) is 0 Å². The second-order valence-electron chi connectivity index (χ2n) is 4.61. The molecule has 1 aromatic carbocycles. The summed E-state index contributed by atoms with van der Waals surface area (Å²) in [5, 5.41) is 8.41. The van der Waals surface area contributed by atoms with Crippen molar-refractivity contribution in [1.82, 2.24) is 14.8 Å². The van der Waals surface area contributed by atoms with Crippen LogP contribution in [0.3, 0.4) is 0 Å². The van der Waals surface area contributed by atoms with Gasteiger partial charge in [0.15, 0.2) is 0 Å². The van der Waals surface area contributed by atoms with Gasteiger partial charge in [0.2, 0.25) is 0 Å². The summed E-state index contributed by atoms with van der Waals surface area (Å²) in [5.41, 5.74) is 8.50. The number of nitrogens with two attached hydrogens (primary N) is 1. The highest BCUT2D eigenvalue weighted by atomic mass is 15.3. The molecule has 0 saturated carbocycles. The van der Waals surface area contributed by atoms with E-state index in [-0.39, 0.29) is 0 Å². The summed E-state index contributed by atoms with van der Waals surface area (Å²) < 4.78 is 2.04. The largest absolute Gasteiger partial charge is 0.324 e. The SMILES string of the molecule is Cn1c(CN)nnc1C1Cc2ccccc2C1. The van der Waals surface area contributed by atoms with E-state index in [0.29, 0.717) is 12.5 Å². The molecule has 88 valence electrons. The molecule has 0 unspecified atom stereocenters. The molecule has 1 heterocycles. The first-order chi connectivity index (χ1) is 8.29. The van der Waals surface area contributed by atoms with Gasteiger partial charge in [-0.1, -0.05) is 24.3 Å². The number of fused-ring (bicyclic) bond motifs is 1. The van der Waals surface area contributed by atoms with E-state index in [1.807, 2.05) is 11.6 Å². The summed E-state index contributed by atoms with van der Waals surface area (Å²) in [6.07, 6.45) is 2.12. The standard InChI is InChI=1S/C13H16N4/c1-17-12(8-14)15-16-13(17)11-6-9-4-2-3-5-10(9)7-11/h2-5,11H,6-8,14H2,1H3. The molecule has 1 aliphatic rings. The maximum Gasteiger partial charge on any atom is 0.146 e. The van der Waals surface area contributed by atoms with E-state index in [4.69, 9.17) is 5.73 Å². The molecule has 2 N–H and O–H groups in total. The zero-order valence-corrected chi connectivity index (χ0v) is 9.93. The van der Waals surface area contributed by atoms with Crippen molar-refractivity contribution >= 4 is 0 Å². The highest BCUT2D eigenvalue weighted by Crippen LogP contribution is 2.32. The Labute approximate surface area is 100 Å². The van der Waals surface area contributed by atoms with E-state index in [2.05, 4.69) is 34.5 Å². The molecule has 1 aliphatic carbocycles. The minimum absolute atomic E-state index is 0.448. The molecule has 0 atom stereocenters. The van der Waals surface area contributed by atoms with Gasteiger partial charge >= 0.3 is 0 Å². The first-order valence-electron chi connectivity index (χ1n) is 5.94. The average molecular weight is 228 g/mol. The number of aromatic nitrogens is 3. The lowest BCUT2D eigenvalue weighted by Crippen LogP contribution is -2.10. The summed E-state index contributed by atoms with van der Waals surface area (Å²) in [6.45, 7) is 0.448. The van der Waals surface area contributed by atoms with Crippen LogP contribution in [-0.4, -0.2) is 14.8 Å². The molecule has 0 bridgehead atoms. The summed E-state index contributed by atoms with van der Waals surface area (Å²) in [6, 6.07) is 8.61. The molecular formula is C13H16N4. The van der Waals surface area contributed by atoms with Crippen molar-refractivity contribution in [2.24, 2.45) is 12.8 Å². The topological polar surface area (TPSA) is 56.7 Å². The normalized spacial score (nSPS) is 15.2. The van der Waals surface area contributed by atoms with E-state index in [9.17, 15) is 0 Å². The molecule has 2 aromatic rings. The Morgan fingerprint density at radius 1 is 1.24 bits per heavy atom. The maximum absolute atomic E-state index is 5.62. The van der Waals surface area contributed by atoms with Crippen LogP contribution in [0, 0.1) is 0 Å².